The van der Waals surface area contributed by atoms with E-state index in [4.69, 9.17) is 0 Å². The molecule has 1 saturated heterocycles. The molecule has 0 aliphatic carbocycles. The first-order valence-electron chi connectivity index (χ1n) is 6.77. The summed E-state index contributed by atoms with van der Waals surface area (Å²) in [6.45, 7) is 4.28. The van der Waals surface area contributed by atoms with Gasteiger partial charge in [0.15, 0.2) is 0 Å². The lowest BCUT2D eigenvalue weighted by Crippen LogP contribution is -2.37. The van der Waals surface area contributed by atoms with Crippen LogP contribution in [0.4, 0.5) is 0 Å². The number of amides is 1. The number of aryl methyl sites for hydroxylation is 1. The van der Waals surface area contributed by atoms with Gasteiger partial charge in [0.05, 0.1) is 6.10 Å². The topological polar surface area (TPSA) is 60.8 Å². The van der Waals surface area contributed by atoms with Crippen LogP contribution in [0.3, 0.4) is 0 Å². The Kier molecular flexibility index (Phi) is 4.10. The van der Waals surface area contributed by atoms with Gasteiger partial charge in [-0.05, 0) is 50.8 Å². The van der Waals surface area contributed by atoms with Crippen LogP contribution in [0.15, 0.2) is 18.2 Å². The number of likely N-dealkylation sites (tertiary alicyclic amines) is 1. The van der Waals surface area contributed by atoms with E-state index >= 15 is 0 Å². The molecule has 4 nitrogen and oxygen atoms in total. The minimum Gasteiger partial charge on any atom is -0.508 e. The van der Waals surface area contributed by atoms with Gasteiger partial charge in [0.1, 0.15) is 5.75 Å². The number of benzene rings is 1. The van der Waals surface area contributed by atoms with Crippen LogP contribution in [0.2, 0.25) is 0 Å². The predicted octanol–water partition coefficient (Wildman–Crippen LogP) is 2.08. The molecule has 4 heteroatoms. The molecule has 0 saturated carbocycles. The van der Waals surface area contributed by atoms with Crippen LogP contribution in [-0.4, -0.2) is 39.7 Å². The lowest BCUT2D eigenvalue weighted by Gasteiger charge is -2.26. The summed E-state index contributed by atoms with van der Waals surface area (Å²) < 4.78 is 0. The van der Waals surface area contributed by atoms with Crippen LogP contribution in [0.1, 0.15) is 42.1 Å². The highest BCUT2D eigenvalue weighted by Gasteiger charge is 2.30. The predicted molar refractivity (Wildman–Crippen MR) is 73.2 cm³/mol. The lowest BCUT2D eigenvalue weighted by molar-refractivity contribution is 0.0681. The average molecular weight is 263 g/mol. The van der Waals surface area contributed by atoms with E-state index in [-0.39, 0.29) is 17.7 Å². The Balaban J connectivity index is 2.16. The van der Waals surface area contributed by atoms with Gasteiger partial charge < -0.3 is 15.1 Å². The molecule has 0 bridgehead atoms. The number of carbonyl (C=O) groups excluding carboxylic acids is 1. The van der Waals surface area contributed by atoms with Crippen molar-refractivity contribution in [1.82, 2.24) is 4.90 Å². The second-order valence-corrected chi connectivity index (χ2v) is 5.38. The third kappa shape index (κ3) is 3.07. The first kappa shape index (κ1) is 13.9. The van der Waals surface area contributed by atoms with E-state index < -0.39 is 6.10 Å². The first-order chi connectivity index (χ1) is 8.99. The minimum absolute atomic E-state index is 0.0570. The number of hydrogen-bond acceptors (Lipinski definition) is 3. The number of carbonyl (C=O) groups is 1. The van der Waals surface area contributed by atoms with Crippen LogP contribution in [-0.2, 0) is 0 Å². The molecule has 1 heterocycles. The van der Waals surface area contributed by atoms with Crippen LogP contribution in [0.25, 0.3) is 0 Å². The fraction of sp³-hybridized carbons (Fsp3) is 0.533. The zero-order chi connectivity index (χ0) is 14.0. The summed E-state index contributed by atoms with van der Waals surface area (Å²) in [7, 11) is 0. The molecule has 2 N–H and O–H groups in total. The molecule has 2 unspecified atom stereocenters. The summed E-state index contributed by atoms with van der Waals surface area (Å²) in [5, 5.41) is 19.2. The normalized spacial score (nSPS) is 20.6. The SMILES string of the molecule is Cc1ccc(C(=O)N2CCCC2CC(C)O)cc1O. The Morgan fingerprint density at radius 3 is 2.89 bits per heavy atom. The fourth-order valence-electron chi connectivity index (χ4n) is 2.65. The van der Waals surface area contributed by atoms with Gasteiger partial charge in [0.2, 0.25) is 0 Å². The maximum atomic E-state index is 12.4. The van der Waals surface area contributed by atoms with Crippen molar-refractivity contribution in [3.63, 3.8) is 0 Å². The summed E-state index contributed by atoms with van der Waals surface area (Å²) in [5.41, 5.74) is 1.28. The van der Waals surface area contributed by atoms with Gasteiger partial charge in [-0.1, -0.05) is 6.07 Å². The average Bonchev–Trinajstić information content (AvgIpc) is 2.79. The molecule has 1 aliphatic rings. The molecule has 1 aromatic carbocycles. The monoisotopic (exact) mass is 263 g/mol. The largest absolute Gasteiger partial charge is 0.508 e. The Bertz CT molecular complexity index is 470. The molecule has 1 aromatic rings. The van der Waals surface area contributed by atoms with Crippen molar-refractivity contribution in [1.29, 1.82) is 0 Å². The molecule has 0 spiro atoms. The molecule has 1 amide bonds. The Morgan fingerprint density at radius 2 is 2.26 bits per heavy atom. The summed E-state index contributed by atoms with van der Waals surface area (Å²) >= 11 is 0. The number of hydrogen-bond donors (Lipinski definition) is 2. The molecule has 1 fully saturated rings. The fourth-order valence-corrected chi connectivity index (χ4v) is 2.65. The zero-order valence-corrected chi connectivity index (χ0v) is 11.5. The molecule has 2 rings (SSSR count). The molecular weight excluding hydrogens is 242 g/mol. The van der Waals surface area contributed by atoms with Gasteiger partial charge in [0.25, 0.3) is 5.91 Å². The first-order valence-corrected chi connectivity index (χ1v) is 6.77. The second kappa shape index (κ2) is 5.61. The Morgan fingerprint density at radius 1 is 1.53 bits per heavy atom. The van der Waals surface area contributed by atoms with Crippen LogP contribution >= 0.6 is 0 Å². The Hall–Kier alpha value is -1.55. The number of nitrogens with zero attached hydrogens (tertiary/aromatic N) is 1. The van der Waals surface area contributed by atoms with Crippen LogP contribution < -0.4 is 0 Å². The number of aromatic hydroxyl groups is 1. The number of aliphatic hydroxyl groups is 1. The Labute approximate surface area is 113 Å². The molecule has 19 heavy (non-hydrogen) atoms. The number of aliphatic hydroxyl groups excluding tert-OH is 1. The van der Waals surface area contributed by atoms with Crippen molar-refractivity contribution >= 4 is 5.91 Å². The van der Waals surface area contributed by atoms with E-state index in [0.29, 0.717) is 12.0 Å². The van der Waals surface area contributed by atoms with Crippen molar-refractivity contribution in [3.8, 4) is 5.75 Å². The molecule has 0 radical (unpaired) electrons. The van der Waals surface area contributed by atoms with E-state index in [2.05, 4.69) is 0 Å². The minimum atomic E-state index is -0.398. The molecule has 2 atom stereocenters. The molecule has 1 aliphatic heterocycles. The number of phenols is 1. The molecule has 104 valence electrons. The van der Waals surface area contributed by atoms with Crippen LogP contribution in [0, 0.1) is 6.92 Å². The van der Waals surface area contributed by atoms with Gasteiger partial charge in [-0.15, -0.1) is 0 Å². The maximum Gasteiger partial charge on any atom is 0.254 e. The highest BCUT2D eigenvalue weighted by molar-refractivity contribution is 5.95. The summed E-state index contributed by atoms with van der Waals surface area (Å²) in [6, 6.07) is 5.13. The van der Waals surface area contributed by atoms with E-state index in [0.717, 1.165) is 24.9 Å². The summed E-state index contributed by atoms with van der Waals surface area (Å²) in [5.74, 6) is 0.0931. The standard InChI is InChI=1S/C15H21NO3/c1-10-5-6-12(9-14(10)18)15(19)16-7-3-4-13(16)8-11(2)17/h5-6,9,11,13,17-18H,3-4,7-8H2,1-2H3. The van der Waals surface area contributed by atoms with Gasteiger partial charge >= 0.3 is 0 Å². The smallest absolute Gasteiger partial charge is 0.254 e. The summed E-state index contributed by atoms with van der Waals surface area (Å²) in [6.07, 6.45) is 2.13. The second-order valence-electron chi connectivity index (χ2n) is 5.38. The molecule has 0 aromatic heterocycles. The lowest BCUT2D eigenvalue weighted by atomic mass is 10.1. The van der Waals surface area contributed by atoms with E-state index in [1.807, 2.05) is 4.90 Å². The van der Waals surface area contributed by atoms with Gasteiger partial charge in [-0.2, -0.15) is 0 Å². The van der Waals surface area contributed by atoms with Crippen LogP contribution in [0.5, 0.6) is 5.75 Å². The highest BCUT2D eigenvalue weighted by atomic mass is 16.3. The molecular formula is C15H21NO3. The van der Waals surface area contributed by atoms with Gasteiger partial charge in [0, 0.05) is 18.2 Å². The third-order valence-corrected chi connectivity index (χ3v) is 3.71. The maximum absolute atomic E-state index is 12.4. The highest BCUT2D eigenvalue weighted by Crippen LogP contribution is 2.25. The van der Waals surface area contributed by atoms with Crippen molar-refractivity contribution in [3.05, 3.63) is 29.3 Å². The number of phenolic OH excluding ortho intramolecular Hbond substituents is 1. The van der Waals surface area contributed by atoms with Crippen molar-refractivity contribution in [2.24, 2.45) is 0 Å². The van der Waals surface area contributed by atoms with Crippen molar-refractivity contribution in [2.45, 2.75) is 45.3 Å². The quantitative estimate of drug-likeness (QED) is 0.877. The third-order valence-electron chi connectivity index (χ3n) is 3.71. The summed E-state index contributed by atoms with van der Waals surface area (Å²) in [4.78, 5) is 14.3. The number of rotatable bonds is 3. The van der Waals surface area contributed by atoms with Crippen molar-refractivity contribution < 1.29 is 15.0 Å². The zero-order valence-electron chi connectivity index (χ0n) is 11.5. The van der Waals surface area contributed by atoms with Gasteiger partial charge in [-0.3, -0.25) is 4.79 Å². The van der Waals surface area contributed by atoms with E-state index in [1.165, 1.54) is 6.07 Å². The van der Waals surface area contributed by atoms with E-state index in [1.54, 1.807) is 26.0 Å². The van der Waals surface area contributed by atoms with E-state index in [9.17, 15) is 15.0 Å². The van der Waals surface area contributed by atoms with Gasteiger partial charge in [-0.25, -0.2) is 0 Å². The van der Waals surface area contributed by atoms with Crippen molar-refractivity contribution in [2.75, 3.05) is 6.54 Å².